The molecule has 1 aliphatic heterocycles. The van der Waals surface area contributed by atoms with Crippen LogP contribution in [0.1, 0.15) is 25.0 Å². The first-order valence-electron chi connectivity index (χ1n) is 6.96. The van der Waals surface area contributed by atoms with E-state index in [0.717, 1.165) is 16.7 Å². The highest BCUT2D eigenvalue weighted by atomic mass is 16.4. The van der Waals surface area contributed by atoms with Gasteiger partial charge in [-0.3, -0.25) is 0 Å². The fourth-order valence-electron chi connectivity index (χ4n) is 2.40. The van der Waals surface area contributed by atoms with Gasteiger partial charge in [-0.15, -0.1) is 0 Å². The van der Waals surface area contributed by atoms with Crippen LogP contribution in [0.4, 0.5) is 4.79 Å². The molecule has 5 heteroatoms. The van der Waals surface area contributed by atoms with Gasteiger partial charge in [0.2, 0.25) is 0 Å². The van der Waals surface area contributed by atoms with Crippen LogP contribution in [0.2, 0.25) is 0 Å². The molecule has 0 aromatic heterocycles. The molecular formula is C16H20N2O3. The summed E-state index contributed by atoms with van der Waals surface area (Å²) in [7, 11) is 0. The minimum Gasteiger partial charge on any atom is -0.480 e. The molecule has 0 unspecified atom stereocenters. The topological polar surface area (TPSA) is 69.6 Å². The molecule has 0 spiro atoms. The zero-order valence-electron chi connectivity index (χ0n) is 12.3. The van der Waals surface area contributed by atoms with Gasteiger partial charge in [0, 0.05) is 19.5 Å². The summed E-state index contributed by atoms with van der Waals surface area (Å²) in [6.45, 7) is 4.63. The largest absolute Gasteiger partial charge is 0.480 e. The number of benzene rings is 1. The lowest BCUT2D eigenvalue weighted by Crippen LogP contribution is -2.52. The SMILES string of the molecule is CC(C)=CCNC(=O)N1Cc2ccccc2C[C@H]1C(=O)O. The number of carboxylic acid groups (broad SMARTS) is 1. The van der Waals surface area contributed by atoms with Crippen LogP contribution < -0.4 is 5.32 Å². The first-order valence-corrected chi connectivity index (χ1v) is 6.96. The lowest BCUT2D eigenvalue weighted by Gasteiger charge is -2.34. The molecule has 2 N–H and O–H groups in total. The number of amides is 2. The molecule has 0 fully saturated rings. The van der Waals surface area contributed by atoms with Crippen molar-refractivity contribution in [2.75, 3.05) is 6.54 Å². The average molecular weight is 288 g/mol. The summed E-state index contributed by atoms with van der Waals surface area (Å²) < 4.78 is 0. The van der Waals surface area contributed by atoms with Crippen molar-refractivity contribution in [1.82, 2.24) is 10.2 Å². The molecule has 1 aliphatic rings. The highest BCUT2D eigenvalue weighted by molar-refractivity contribution is 5.83. The molecule has 2 rings (SSSR count). The molecule has 1 aromatic carbocycles. The first-order chi connectivity index (χ1) is 9.99. The Morgan fingerprint density at radius 3 is 2.62 bits per heavy atom. The fraction of sp³-hybridized carbons (Fsp3) is 0.375. The van der Waals surface area contributed by atoms with Crippen molar-refractivity contribution >= 4 is 12.0 Å². The maximum atomic E-state index is 12.2. The molecule has 0 saturated heterocycles. The monoisotopic (exact) mass is 288 g/mol. The highest BCUT2D eigenvalue weighted by Crippen LogP contribution is 2.23. The molecule has 0 saturated carbocycles. The number of carbonyl (C=O) groups excluding carboxylic acids is 1. The zero-order valence-corrected chi connectivity index (χ0v) is 12.3. The Morgan fingerprint density at radius 2 is 2.00 bits per heavy atom. The van der Waals surface area contributed by atoms with Gasteiger partial charge in [0.25, 0.3) is 0 Å². The summed E-state index contributed by atoms with van der Waals surface area (Å²) in [6, 6.07) is 6.50. The van der Waals surface area contributed by atoms with E-state index in [9.17, 15) is 14.7 Å². The number of carboxylic acids is 1. The van der Waals surface area contributed by atoms with Crippen LogP contribution in [0, 0.1) is 0 Å². The van der Waals surface area contributed by atoms with E-state index in [1.54, 1.807) is 0 Å². The number of urea groups is 1. The number of hydrogen-bond acceptors (Lipinski definition) is 2. The molecule has 0 radical (unpaired) electrons. The summed E-state index contributed by atoms with van der Waals surface area (Å²) in [4.78, 5) is 25.0. The van der Waals surface area contributed by atoms with Crippen molar-refractivity contribution in [3.05, 3.63) is 47.0 Å². The van der Waals surface area contributed by atoms with Gasteiger partial charge in [-0.2, -0.15) is 0 Å². The number of aliphatic carboxylic acids is 1. The number of nitrogens with zero attached hydrogens (tertiary/aromatic N) is 1. The number of allylic oxidation sites excluding steroid dienone is 1. The Hall–Kier alpha value is -2.30. The normalized spacial score (nSPS) is 16.9. The minimum absolute atomic E-state index is 0.327. The van der Waals surface area contributed by atoms with Gasteiger partial charge >= 0.3 is 12.0 Å². The molecule has 0 bridgehead atoms. The second-order valence-corrected chi connectivity index (χ2v) is 5.42. The summed E-state index contributed by atoms with van der Waals surface area (Å²) in [5.41, 5.74) is 3.11. The third-order valence-electron chi connectivity index (χ3n) is 3.56. The average Bonchev–Trinajstić information content (AvgIpc) is 2.45. The van der Waals surface area contributed by atoms with Crippen LogP contribution >= 0.6 is 0 Å². The zero-order chi connectivity index (χ0) is 15.4. The van der Waals surface area contributed by atoms with E-state index in [-0.39, 0.29) is 6.03 Å². The Balaban J connectivity index is 2.14. The molecule has 2 amide bonds. The van der Waals surface area contributed by atoms with E-state index >= 15 is 0 Å². The number of nitrogens with one attached hydrogen (secondary N) is 1. The van der Waals surface area contributed by atoms with Crippen molar-refractivity contribution in [3.63, 3.8) is 0 Å². The van der Waals surface area contributed by atoms with Gasteiger partial charge < -0.3 is 15.3 Å². The van der Waals surface area contributed by atoms with Gasteiger partial charge in [-0.1, -0.05) is 35.9 Å². The third kappa shape index (κ3) is 3.62. The quantitative estimate of drug-likeness (QED) is 0.838. The van der Waals surface area contributed by atoms with E-state index in [0.29, 0.717) is 19.5 Å². The van der Waals surface area contributed by atoms with Crippen molar-refractivity contribution in [2.24, 2.45) is 0 Å². The van der Waals surface area contributed by atoms with Gasteiger partial charge in [0.05, 0.1) is 0 Å². The van der Waals surface area contributed by atoms with Crippen LogP contribution in [0.5, 0.6) is 0 Å². The van der Waals surface area contributed by atoms with Crippen molar-refractivity contribution < 1.29 is 14.7 Å². The van der Waals surface area contributed by atoms with Crippen LogP contribution in [0.15, 0.2) is 35.9 Å². The second-order valence-electron chi connectivity index (χ2n) is 5.42. The third-order valence-corrected chi connectivity index (χ3v) is 3.56. The van der Waals surface area contributed by atoms with Crippen LogP contribution in [0.3, 0.4) is 0 Å². The predicted octanol–water partition coefficient (Wildman–Crippen LogP) is 2.17. The lowest BCUT2D eigenvalue weighted by atomic mass is 9.94. The Labute approximate surface area is 124 Å². The van der Waals surface area contributed by atoms with Crippen LogP contribution in [0.25, 0.3) is 0 Å². The minimum atomic E-state index is -0.970. The van der Waals surface area contributed by atoms with Crippen LogP contribution in [-0.2, 0) is 17.8 Å². The summed E-state index contributed by atoms with van der Waals surface area (Å²) in [6.07, 6.45) is 2.24. The molecule has 21 heavy (non-hydrogen) atoms. The molecule has 1 atom stereocenters. The van der Waals surface area contributed by atoms with E-state index < -0.39 is 12.0 Å². The van der Waals surface area contributed by atoms with E-state index in [4.69, 9.17) is 0 Å². The van der Waals surface area contributed by atoms with Gasteiger partial charge in [-0.05, 0) is 25.0 Å². The van der Waals surface area contributed by atoms with E-state index in [1.165, 1.54) is 4.90 Å². The first kappa shape index (κ1) is 15.1. The molecule has 0 aliphatic carbocycles. The molecule has 1 aromatic rings. The smallest absolute Gasteiger partial charge is 0.326 e. The van der Waals surface area contributed by atoms with E-state index in [2.05, 4.69) is 5.32 Å². The molecular weight excluding hydrogens is 268 g/mol. The summed E-state index contributed by atoms with van der Waals surface area (Å²) in [5.74, 6) is -0.970. The number of fused-ring (bicyclic) bond motifs is 1. The fourth-order valence-corrected chi connectivity index (χ4v) is 2.40. The maximum Gasteiger partial charge on any atom is 0.326 e. The Bertz CT molecular complexity index is 577. The summed E-state index contributed by atoms with van der Waals surface area (Å²) in [5, 5.41) is 12.1. The standard InChI is InChI=1S/C16H20N2O3/c1-11(2)7-8-17-16(21)18-10-13-6-4-3-5-12(13)9-14(18)15(19)20/h3-7,14H,8-10H2,1-2H3,(H,17,21)(H,19,20)/t14-/m0/s1. The lowest BCUT2D eigenvalue weighted by molar-refractivity contribution is -0.142. The predicted molar refractivity (Wildman–Crippen MR) is 79.9 cm³/mol. The van der Waals surface area contributed by atoms with Crippen molar-refractivity contribution in [3.8, 4) is 0 Å². The Morgan fingerprint density at radius 1 is 1.33 bits per heavy atom. The molecule has 1 heterocycles. The van der Waals surface area contributed by atoms with E-state index in [1.807, 2.05) is 44.2 Å². The van der Waals surface area contributed by atoms with Crippen molar-refractivity contribution in [1.29, 1.82) is 0 Å². The second kappa shape index (κ2) is 6.43. The molecule has 112 valence electrons. The van der Waals surface area contributed by atoms with Gasteiger partial charge in [0.15, 0.2) is 0 Å². The van der Waals surface area contributed by atoms with Gasteiger partial charge in [0.1, 0.15) is 6.04 Å². The number of hydrogen-bond donors (Lipinski definition) is 2. The van der Waals surface area contributed by atoms with Gasteiger partial charge in [-0.25, -0.2) is 9.59 Å². The maximum absolute atomic E-state index is 12.2. The Kier molecular flexibility index (Phi) is 4.62. The summed E-state index contributed by atoms with van der Waals surface area (Å²) >= 11 is 0. The number of rotatable bonds is 3. The highest BCUT2D eigenvalue weighted by Gasteiger charge is 2.34. The van der Waals surface area contributed by atoms with Crippen LogP contribution in [-0.4, -0.2) is 34.6 Å². The number of carbonyl (C=O) groups is 2. The molecule has 5 nitrogen and oxygen atoms in total. The van der Waals surface area contributed by atoms with Crippen molar-refractivity contribution in [2.45, 2.75) is 32.9 Å².